The number of carbonyl (C=O) groups is 2. The highest BCUT2D eigenvalue weighted by Gasteiger charge is 2.32. The smallest absolute Gasteiger partial charge is 0.248 e. The minimum atomic E-state index is -0.434. The molecule has 2 rings (SSSR count). The van der Waals surface area contributed by atoms with Gasteiger partial charge in [0.05, 0.1) is 12.6 Å². The highest BCUT2D eigenvalue weighted by atomic mass is 16.5. The Kier molecular flexibility index (Phi) is 8.04. The molecule has 0 aromatic carbocycles. The van der Waals surface area contributed by atoms with Crippen LogP contribution in [0.5, 0.6) is 0 Å². The van der Waals surface area contributed by atoms with Crippen LogP contribution in [0.2, 0.25) is 0 Å². The van der Waals surface area contributed by atoms with Crippen LogP contribution in [-0.2, 0) is 27.3 Å². The number of likely N-dealkylation sites (tertiary alicyclic amines) is 1. The van der Waals surface area contributed by atoms with Crippen molar-refractivity contribution in [1.29, 1.82) is 0 Å². The molecule has 28 heavy (non-hydrogen) atoms. The summed E-state index contributed by atoms with van der Waals surface area (Å²) in [4.78, 5) is 26.7. The van der Waals surface area contributed by atoms with Gasteiger partial charge in [0.15, 0.2) is 0 Å². The van der Waals surface area contributed by atoms with E-state index in [1.165, 1.54) is 0 Å². The summed E-state index contributed by atoms with van der Waals surface area (Å²) >= 11 is 0. The normalized spacial score (nSPS) is 17.6. The summed E-state index contributed by atoms with van der Waals surface area (Å²) in [5.74, 6) is 0.497. The quantitative estimate of drug-likeness (QED) is 0.699. The number of aryl methyl sites for hydroxylation is 1. The van der Waals surface area contributed by atoms with Gasteiger partial charge in [-0.1, -0.05) is 20.8 Å². The van der Waals surface area contributed by atoms with Gasteiger partial charge in [0.1, 0.15) is 6.10 Å². The molecule has 0 bridgehead atoms. The Morgan fingerprint density at radius 1 is 1.29 bits per heavy atom. The molecule has 2 amide bonds. The van der Waals surface area contributed by atoms with Gasteiger partial charge >= 0.3 is 0 Å². The molecule has 1 atom stereocenters. The number of nitrogens with zero attached hydrogens (tertiary/aromatic N) is 3. The first-order chi connectivity index (χ1) is 13.2. The number of ether oxygens (including phenoxy) is 1. The fourth-order valence-corrected chi connectivity index (χ4v) is 3.29. The van der Waals surface area contributed by atoms with Gasteiger partial charge in [0.25, 0.3) is 0 Å². The Labute approximate surface area is 168 Å². The van der Waals surface area contributed by atoms with Crippen LogP contribution < -0.4 is 5.32 Å². The molecule has 1 aromatic rings. The summed E-state index contributed by atoms with van der Waals surface area (Å²) in [6, 6.07) is 0. The second kappa shape index (κ2) is 10.0. The zero-order valence-corrected chi connectivity index (χ0v) is 18.0. The maximum absolute atomic E-state index is 12.6. The van der Waals surface area contributed by atoms with Crippen LogP contribution >= 0.6 is 0 Å². The third kappa shape index (κ3) is 6.62. The molecule has 1 N–H and O–H groups in total. The van der Waals surface area contributed by atoms with Gasteiger partial charge in [-0.05, 0) is 43.6 Å². The first-order valence-corrected chi connectivity index (χ1v) is 10.4. The van der Waals surface area contributed by atoms with Crippen molar-refractivity contribution in [2.75, 3.05) is 26.2 Å². The standard InChI is InChI=1S/C21H36N4O3/c1-6-25-13-18(12-23-25)11-19(26)24-9-7-21(5,8-10-24)15-22-20(27)17(4)28-14-16(2)3/h12-13,16-17H,6-11,14-15H2,1-5H3,(H,22,27). The van der Waals surface area contributed by atoms with Crippen molar-refractivity contribution in [2.45, 2.75) is 66.5 Å². The molecule has 7 heteroatoms. The average molecular weight is 393 g/mol. The predicted molar refractivity (Wildman–Crippen MR) is 109 cm³/mol. The molecule has 158 valence electrons. The summed E-state index contributed by atoms with van der Waals surface area (Å²) in [5.41, 5.74) is 0.972. The number of hydrogen-bond acceptors (Lipinski definition) is 4. The summed E-state index contributed by atoms with van der Waals surface area (Å²) in [5, 5.41) is 7.26. The lowest BCUT2D eigenvalue weighted by atomic mass is 9.80. The van der Waals surface area contributed by atoms with Crippen molar-refractivity contribution in [3.63, 3.8) is 0 Å². The largest absolute Gasteiger partial charge is 0.368 e. The molecule has 0 spiro atoms. The van der Waals surface area contributed by atoms with E-state index in [4.69, 9.17) is 4.74 Å². The van der Waals surface area contributed by atoms with E-state index in [2.05, 4.69) is 31.2 Å². The van der Waals surface area contributed by atoms with Crippen LogP contribution in [-0.4, -0.2) is 58.8 Å². The molecule has 1 aliphatic heterocycles. The summed E-state index contributed by atoms with van der Waals surface area (Å²) in [6.45, 7) is 13.6. The zero-order chi connectivity index (χ0) is 20.7. The second-order valence-electron chi connectivity index (χ2n) is 8.66. The van der Waals surface area contributed by atoms with E-state index < -0.39 is 6.10 Å². The number of piperidine rings is 1. The molecule has 1 aliphatic rings. The number of hydrogen-bond donors (Lipinski definition) is 1. The molecule has 1 aromatic heterocycles. The number of nitrogens with one attached hydrogen (secondary N) is 1. The number of amides is 2. The maximum atomic E-state index is 12.6. The Balaban J connectivity index is 1.75. The van der Waals surface area contributed by atoms with Gasteiger partial charge in [-0.15, -0.1) is 0 Å². The molecule has 2 heterocycles. The van der Waals surface area contributed by atoms with Crippen LogP contribution in [0, 0.1) is 11.3 Å². The molecule has 1 unspecified atom stereocenters. The van der Waals surface area contributed by atoms with Crippen LogP contribution in [0.3, 0.4) is 0 Å². The van der Waals surface area contributed by atoms with Gasteiger partial charge in [0, 0.05) is 39.0 Å². The second-order valence-corrected chi connectivity index (χ2v) is 8.66. The molecule has 1 saturated heterocycles. The monoisotopic (exact) mass is 392 g/mol. The Bertz CT molecular complexity index is 648. The van der Waals surface area contributed by atoms with Crippen LogP contribution in [0.15, 0.2) is 12.4 Å². The van der Waals surface area contributed by atoms with Crippen molar-refractivity contribution < 1.29 is 14.3 Å². The lowest BCUT2D eigenvalue weighted by Crippen LogP contribution is -2.48. The molecule has 0 radical (unpaired) electrons. The van der Waals surface area contributed by atoms with E-state index >= 15 is 0 Å². The van der Waals surface area contributed by atoms with Crippen LogP contribution in [0.25, 0.3) is 0 Å². The minimum Gasteiger partial charge on any atom is -0.368 e. The molecule has 7 nitrogen and oxygen atoms in total. The van der Waals surface area contributed by atoms with Crippen molar-refractivity contribution in [3.05, 3.63) is 18.0 Å². The fraction of sp³-hybridized carbons (Fsp3) is 0.762. The Hall–Kier alpha value is -1.89. The third-order valence-electron chi connectivity index (χ3n) is 5.43. The summed E-state index contributed by atoms with van der Waals surface area (Å²) < 4.78 is 7.42. The number of aromatic nitrogens is 2. The van der Waals surface area contributed by atoms with Crippen LogP contribution in [0.1, 0.15) is 53.0 Å². The summed E-state index contributed by atoms with van der Waals surface area (Å²) in [6.07, 6.45) is 5.44. The first-order valence-electron chi connectivity index (χ1n) is 10.4. The number of carbonyl (C=O) groups excluding carboxylic acids is 2. The Morgan fingerprint density at radius 2 is 1.96 bits per heavy atom. The van der Waals surface area contributed by atoms with Crippen molar-refractivity contribution >= 4 is 11.8 Å². The van der Waals surface area contributed by atoms with Crippen molar-refractivity contribution in [2.24, 2.45) is 11.3 Å². The number of rotatable bonds is 9. The van der Waals surface area contributed by atoms with E-state index in [1.807, 2.05) is 22.7 Å². The summed E-state index contributed by atoms with van der Waals surface area (Å²) in [7, 11) is 0. The lowest BCUT2D eigenvalue weighted by molar-refractivity contribution is -0.135. The molecule has 0 aliphatic carbocycles. The highest BCUT2D eigenvalue weighted by molar-refractivity contribution is 5.80. The lowest BCUT2D eigenvalue weighted by Gasteiger charge is -2.39. The predicted octanol–water partition coefficient (Wildman–Crippen LogP) is 2.25. The molecule has 1 fully saturated rings. The van der Waals surface area contributed by atoms with Gasteiger partial charge in [-0.3, -0.25) is 14.3 Å². The van der Waals surface area contributed by atoms with Gasteiger partial charge in [-0.25, -0.2) is 0 Å². The van der Waals surface area contributed by atoms with E-state index in [9.17, 15) is 9.59 Å². The fourth-order valence-electron chi connectivity index (χ4n) is 3.29. The maximum Gasteiger partial charge on any atom is 0.248 e. The Morgan fingerprint density at radius 3 is 2.54 bits per heavy atom. The van der Waals surface area contributed by atoms with Gasteiger partial charge in [-0.2, -0.15) is 5.10 Å². The topological polar surface area (TPSA) is 76.5 Å². The van der Waals surface area contributed by atoms with E-state index in [1.54, 1.807) is 13.1 Å². The third-order valence-corrected chi connectivity index (χ3v) is 5.43. The van der Waals surface area contributed by atoms with E-state index in [0.717, 1.165) is 38.0 Å². The molecule has 0 saturated carbocycles. The zero-order valence-electron chi connectivity index (χ0n) is 18.0. The first kappa shape index (κ1) is 22.4. The van der Waals surface area contributed by atoms with E-state index in [-0.39, 0.29) is 17.2 Å². The van der Waals surface area contributed by atoms with Gasteiger partial charge < -0.3 is 15.0 Å². The van der Waals surface area contributed by atoms with E-state index in [0.29, 0.717) is 25.5 Å². The SMILES string of the molecule is CCn1cc(CC(=O)N2CCC(C)(CNC(=O)C(C)OCC(C)C)CC2)cn1. The molecular formula is C21H36N4O3. The molecular weight excluding hydrogens is 356 g/mol. The van der Waals surface area contributed by atoms with Crippen molar-refractivity contribution in [3.8, 4) is 0 Å². The van der Waals surface area contributed by atoms with Crippen LogP contribution in [0.4, 0.5) is 0 Å². The highest BCUT2D eigenvalue weighted by Crippen LogP contribution is 2.30. The van der Waals surface area contributed by atoms with Crippen molar-refractivity contribution in [1.82, 2.24) is 20.0 Å². The van der Waals surface area contributed by atoms with Gasteiger partial charge in [0.2, 0.25) is 11.8 Å². The minimum absolute atomic E-state index is 0.0112. The average Bonchev–Trinajstić information content (AvgIpc) is 3.12.